The summed E-state index contributed by atoms with van der Waals surface area (Å²) in [6.07, 6.45) is -4.74. The average molecular weight is 390 g/mol. The topological polar surface area (TPSA) is 26.3 Å². The Bertz CT molecular complexity index is 947. The summed E-state index contributed by atoms with van der Waals surface area (Å²) in [5, 5.41) is 0. The minimum absolute atomic E-state index is 0.00347. The van der Waals surface area contributed by atoms with Crippen LogP contribution < -0.4 is 4.74 Å². The molecule has 27 heavy (non-hydrogen) atoms. The smallest absolute Gasteiger partial charge is 0.406 e. The molecule has 3 aromatic rings. The Morgan fingerprint density at radius 3 is 2.30 bits per heavy atom. The number of carbonyl (C=O) groups is 1. The first-order chi connectivity index (χ1) is 12.7. The van der Waals surface area contributed by atoms with Gasteiger partial charge in [0.2, 0.25) is 0 Å². The molecule has 0 aliphatic rings. The highest BCUT2D eigenvalue weighted by molar-refractivity contribution is 7.15. The summed E-state index contributed by atoms with van der Waals surface area (Å²) in [6.45, 7) is 3.41. The number of thiophene rings is 1. The molecule has 0 radical (unpaired) electrons. The van der Waals surface area contributed by atoms with Crippen LogP contribution in [0.5, 0.6) is 5.75 Å². The molecule has 6 heteroatoms. The zero-order chi connectivity index (χ0) is 19.7. The number of benzene rings is 2. The second-order valence-corrected chi connectivity index (χ2v) is 7.37. The van der Waals surface area contributed by atoms with E-state index in [1.165, 1.54) is 29.5 Å². The van der Waals surface area contributed by atoms with Crippen LogP contribution in [0.15, 0.2) is 66.7 Å². The molecule has 0 amide bonds. The summed E-state index contributed by atoms with van der Waals surface area (Å²) in [6, 6.07) is 18.9. The minimum Gasteiger partial charge on any atom is -0.406 e. The normalized spacial score (nSPS) is 13.8. The van der Waals surface area contributed by atoms with E-state index in [0.29, 0.717) is 5.56 Å². The Kier molecular flexibility index (Phi) is 5.11. The molecule has 140 valence electrons. The maximum absolute atomic E-state index is 12.5. The summed E-state index contributed by atoms with van der Waals surface area (Å²) in [5.74, 6) is -0.274. The molecule has 1 atom stereocenters. The number of hydrogen-bond donors (Lipinski definition) is 0. The second kappa shape index (κ2) is 7.19. The van der Waals surface area contributed by atoms with Crippen LogP contribution in [0.2, 0.25) is 0 Å². The van der Waals surface area contributed by atoms with E-state index in [1.807, 2.05) is 49.4 Å². The molecule has 0 bridgehead atoms. The lowest BCUT2D eigenvalue weighted by atomic mass is 9.78. The van der Waals surface area contributed by atoms with Crippen LogP contribution in [-0.4, -0.2) is 12.1 Å². The van der Waals surface area contributed by atoms with Crippen LogP contribution in [0.3, 0.4) is 0 Å². The van der Waals surface area contributed by atoms with E-state index in [2.05, 4.69) is 4.74 Å². The largest absolute Gasteiger partial charge is 0.573 e. The monoisotopic (exact) mass is 390 g/mol. The van der Waals surface area contributed by atoms with Crippen molar-refractivity contribution in [2.45, 2.75) is 25.6 Å². The minimum atomic E-state index is -4.74. The van der Waals surface area contributed by atoms with Gasteiger partial charge in [0.05, 0.1) is 5.41 Å². The number of carbonyl (C=O) groups excluding carboxylic acids is 1. The standard InChI is InChI=1S/C21H17F3O2S/c1-14(25)20(2,16-8-4-3-5-9-16)19-12-11-18(27-19)15-7-6-10-17(13-15)26-21(22,23)24/h3-13H,1-2H3/t20-/m1/s1. The number of rotatable bonds is 5. The van der Waals surface area contributed by atoms with Gasteiger partial charge in [-0.2, -0.15) is 0 Å². The van der Waals surface area contributed by atoms with Gasteiger partial charge in [0, 0.05) is 9.75 Å². The molecule has 2 aromatic carbocycles. The first-order valence-corrected chi connectivity index (χ1v) is 9.05. The lowest BCUT2D eigenvalue weighted by Gasteiger charge is -2.26. The highest BCUT2D eigenvalue weighted by Crippen LogP contribution is 2.41. The molecular formula is C21H17F3O2S. The molecule has 0 fully saturated rings. The van der Waals surface area contributed by atoms with Crippen LogP contribution in [0.25, 0.3) is 10.4 Å². The summed E-state index contributed by atoms with van der Waals surface area (Å²) >= 11 is 1.39. The highest BCUT2D eigenvalue weighted by atomic mass is 32.1. The number of Topliss-reactive ketones (excluding diaryl/α,β-unsaturated/α-hetero) is 1. The molecule has 3 rings (SSSR count). The van der Waals surface area contributed by atoms with Crippen LogP contribution in [0, 0.1) is 0 Å². The molecule has 1 heterocycles. The number of alkyl halides is 3. The fourth-order valence-electron chi connectivity index (χ4n) is 2.90. The summed E-state index contributed by atoms with van der Waals surface area (Å²) in [7, 11) is 0. The Morgan fingerprint density at radius 2 is 1.67 bits per heavy atom. The maximum Gasteiger partial charge on any atom is 0.573 e. The average Bonchev–Trinajstić information content (AvgIpc) is 3.11. The molecule has 0 saturated heterocycles. The predicted molar refractivity (Wildman–Crippen MR) is 100 cm³/mol. The number of ketones is 1. The van der Waals surface area contributed by atoms with Crippen molar-refractivity contribution in [1.29, 1.82) is 0 Å². The summed E-state index contributed by atoms with van der Waals surface area (Å²) in [5.41, 5.74) is 0.663. The van der Waals surface area contributed by atoms with Crippen molar-refractivity contribution in [3.05, 3.63) is 77.2 Å². The van der Waals surface area contributed by atoms with E-state index in [0.717, 1.165) is 15.3 Å². The highest BCUT2D eigenvalue weighted by Gasteiger charge is 2.35. The van der Waals surface area contributed by atoms with Crippen LogP contribution >= 0.6 is 11.3 Å². The van der Waals surface area contributed by atoms with Crippen LogP contribution in [0.4, 0.5) is 13.2 Å². The van der Waals surface area contributed by atoms with Gasteiger partial charge in [-0.1, -0.05) is 42.5 Å². The van der Waals surface area contributed by atoms with Gasteiger partial charge in [0.25, 0.3) is 0 Å². The molecular weight excluding hydrogens is 373 g/mol. The van der Waals surface area contributed by atoms with Gasteiger partial charge >= 0.3 is 6.36 Å². The molecule has 0 aliphatic heterocycles. The fraction of sp³-hybridized carbons (Fsp3) is 0.190. The third-order valence-electron chi connectivity index (χ3n) is 4.51. The van der Waals surface area contributed by atoms with Crippen molar-refractivity contribution in [2.24, 2.45) is 0 Å². The molecule has 0 spiro atoms. The quantitative estimate of drug-likeness (QED) is 0.518. The lowest BCUT2D eigenvalue weighted by molar-refractivity contribution is -0.274. The Balaban J connectivity index is 1.99. The van der Waals surface area contributed by atoms with Crippen molar-refractivity contribution >= 4 is 17.1 Å². The summed E-state index contributed by atoms with van der Waals surface area (Å²) in [4.78, 5) is 14.1. The number of ether oxygens (including phenoxy) is 1. The zero-order valence-corrected chi connectivity index (χ0v) is 15.5. The first-order valence-electron chi connectivity index (χ1n) is 8.23. The Morgan fingerprint density at radius 1 is 0.963 bits per heavy atom. The SMILES string of the molecule is CC(=O)[C@](C)(c1ccccc1)c1ccc(-c2cccc(OC(F)(F)F)c2)s1. The van der Waals surface area contributed by atoms with Gasteiger partial charge in [-0.15, -0.1) is 24.5 Å². The first kappa shape index (κ1) is 19.2. The molecule has 1 aromatic heterocycles. The number of hydrogen-bond acceptors (Lipinski definition) is 3. The van der Waals surface area contributed by atoms with Gasteiger partial charge in [-0.05, 0) is 49.2 Å². The maximum atomic E-state index is 12.5. The molecule has 0 N–H and O–H groups in total. The van der Waals surface area contributed by atoms with Crippen LogP contribution in [-0.2, 0) is 10.2 Å². The van der Waals surface area contributed by atoms with E-state index in [-0.39, 0.29) is 11.5 Å². The van der Waals surface area contributed by atoms with E-state index < -0.39 is 11.8 Å². The van der Waals surface area contributed by atoms with Gasteiger partial charge in [0.15, 0.2) is 0 Å². The van der Waals surface area contributed by atoms with Crippen molar-refractivity contribution in [3.63, 3.8) is 0 Å². The second-order valence-electron chi connectivity index (χ2n) is 6.29. The predicted octanol–water partition coefficient (Wildman–Crippen LogP) is 6.21. The van der Waals surface area contributed by atoms with Crippen molar-refractivity contribution in [3.8, 4) is 16.2 Å². The van der Waals surface area contributed by atoms with Gasteiger partial charge in [-0.25, -0.2) is 0 Å². The van der Waals surface area contributed by atoms with E-state index >= 15 is 0 Å². The van der Waals surface area contributed by atoms with E-state index in [9.17, 15) is 18.0 Å². The van der Waals surface area contributed by atoms with Crippen molar-refractivity contribution in [2.75, 3.05) is 0 Å². The summed E-state index contributed by atoms with van der Waals surface area (Å²) < 4.78 is 41.4. The number of halogens is 3. The third-order valence-corrected chi connectivity index (χ3v) is 5.86. The molecule has 0 unspecified atom stereocenters. The van der Waals surface area contributed by atoms with E-state index in [4.69, 9.17) is 0 Å². The Hall–Kier alpha value is -2.60. The molecule has 0 aliphatic carbocycles. The van der Waals surface area contributed by atoms with Crippen LogP contribution in [0.1, 0.15) is 24.3 Å². The molecule has 2 nitrogen and oxygen atoms in total. The van der Waals surface area contributed by atoms with Crippen molar-refractivity contribution in [1.82, 2.24) is 0 Å². The zero-order valence-electron chi connectivity index (χ0n) is 14.7. The Labute approximate surface area is 159 Å². The third kappa shape index (κ3) is 4.06. The fourth-order valence-corrected chi connectivity index (χ4v) is 4.12. The lowest BCUT2D eigenvalue weighted by Crippen LogP contribution is -2.30. The van der Waals surface area contributed by atoms with Gasteiger partial charge in [-0.3, -0.25) is 4.79 Å². The van der Waals surface area contributed by atoms with E-state index in [1.54, 1.807) is 13.0 Å². The van der Waals surface area contributed by atoms with Gasteiger partial charge in [0.1, 0.15) is 11.5 Å². The van der Waals surface area contributed by atoms with Crippen molar-refractivity contribution < 1.29 is 22.7 Å². The molecule has 0 saturated carbocycles. The van der Waals surface area contributed by atoms with Gasteiger partial charge < -0.3 is 4.74 Å².